The van der Waals surface area contributed by atoms with Gasteiger partial charge in [0.1, 0.15) is 11.2 Å². The van der Waals surface area contributed by atoms with Gasteiger partial charge in [0.2, 0.25) is 0 Å². The van der Waals surface area contributed by atoms with E-state index in [1.54, 1.807) is 0 Å². The Bertz CT molecular complexity index is 3580. The molecule has 11 rings (SSSR count). The van der Waals surface area contributed by atoms with E-state index in [1.807, 2.05) is 115 Å². The lowest BCUT2D eigenvalue weighted by molar-refractivity contribution is 0.673. The lowest BCUT2D eigenvalue weighted by Crippen LogP contribution is -1.93. The fourth-order valence-electron chi connectivity index (χ4n) is 7.98. The minimum absolute atomic E-state index is 0.170. The molecule has 0 radical (unpaired) electrons. The first-order valence-electron chi connectivity index (χ1n) is 20.9. The van der Waals surface area contributed by atoms with Gasteiger partial charge in [-0.1, -0.05) is 151 Å². The molecule has 0 unspecified atom stereocenters. The van der Waals surface area contributed by atoms with Crippen molar-refractivity contribution < 1.29 is 15.4 Å². The van der Waals surface area contributed by atoms with Crippen LogP contribution in [0.25, 0.3) is 109 Å². The first kappa shape index (κ1) is 21.4. The molecule has 0 amide bonds. The van der Waals surface area contributed by atoms with Gasteiger partial charge in [-0.15, -0.1) is 0 Å². The van der Waals surface area contributed by atoms with Crippen molar-refractivity contribution in [1.82, 2.24) is 0 Å². The molecular formula is C50H30O. The second-order valence-electron chi connectivity index (χ2n) is 13.0. The van der Waals surface area contributed by atoms with Crippen molar-refractivity contribution >= 4 is 75.8 Å². The summed E-state index contributed by atoms with van der Waals surface area (Å²) in [4.78, 5) is 0. The molecule has 0 bridgehead atoms. The standard InChI is InChI=1S/C50H30O/c1-2-14-33-28-36(25-24-31(33)12-1)47-38-18-7-9-20-40(38)48(41-21-10-8-19-39(41)47)45-30-35-16-4-3-15-34(35)29-44(45)42-22-11-23-46-49(42)43-27-26-32-13-5-6-17-37(32)50(43)51-46/h1-30H/i7D,8D,9D,10D,18D,19D,20D,21D. The molecular weight excluding hydrogens is 617 g/mol. The first-order chi connectivity index (χ1) is 28.6. The first-order valence-corrected chi connectivity index (χ1v) is 16.9. The van der Waals surface area contributed by atoms with E-state index in [2.05, 4.69) is 18.2 Å². The van der Waals surface area contributed by atoms with Crippen LogP contribution in [0.5, 0.6) is 0 Å². The minimum Gasteiger partial charge on any atom is -0.455 e. The van der Waals surface area contributed by atoms with E-state index in [0.29, 0.717) is 33.4 Å². The maximum absolute atomic E-state index is 9.63. The largest absolute Gasteiger partial charge is 0.455 e. The Balaban J connectivity index is 1.39. The second-order valence-corrected chi connectivity index (χ2v) is 13.0. The summed E-state index contributed by atoms with van der Waals surface area (Å²) in [6.45, 7) is 0. The van der Waals surface area contributed by atoms with Crippen molar-refractivity contribution in [1.29, 1.82) is 0 Å². The van der Waals surface area contributed by atoms with E-state index in [4.69, 9.17) is 9.90 Å². The van der Waals surface area contributed by atoms with Crippen LogP contribution < -0.4 is 0 Å². The number of furan rings is 1. The van der Waals surface area contributed by atoms with Gasteiger partial charge in [-0.05, 0) is 112 Å². The van der Waals surface area contributed by atoms with Crippen LogP contribution in [0, 0.1) is 0 Å². The van der Waals surface area contributed by atoms with Gasteiger partial charge in [0.15, 0.2) is 0 Å². The molecule has 0 aliphatic heterocycles. The van der Waals surface area contributed by atoms with Gasteiger partial charge in [0, 0.05) is 16.2 Å². The Kier molecular flexibility index (Phi) is 4.57. The van der Waals surface area contributed by atoms with Gasteiger partial charge >= 0.3 is 0 Å². The van der Waals surface area contributed by atoms with E-state index in [1.165, 1.54) is 0 Å². The Hall–Kier alpha value is -6.70. The third-order valence-electron chi connectivity index (χ3n) is 10.2. The van der Waals surface area contributed by atoms with E-state index in [-0.39, 0.29) is 45.7 Å². The predicted octanol–water partition coefficient (Wildman–Crippen LogP) is 14.4. The van der Waals surface area contributed by atoms with Crippen molar-refractivity contribution in [3.05, 3.63) is 182 Å². The number of rotatable bonds is 3. The van der Waals surface area contributed by atoms with Crippen molar-refractivity contribution in [3.8, 4) is 33.4 Å². The normalized spacial score (nSPS) is 14.1. The fourth-order valence-corrected chi connectivity index (χ4v) is 7.98. The highest BCUT2D eigenvalue weighted by Crippen LogP contribution is 2.49. The second kappa shape index (κ2) is 10.9. The molecule has 51 heavy (non-hydrogen) atoms. The number of fused-ring (bicyclic) bond motifs is 9. The molecule has 10 aromatic carbocycles. The van der Waals surface area contributed by atoms with Gasteiger partial charge in [-0.2, -0.15) is 0 Å². The van der Waals surface area contributed by atoms with Crippen molar-refractivity contribution in [2.24, 2.45) is 0 Å². The van der Waals surface area contributed by atoms with Crippen LogP contribution in [-0.2, 0) is 0 Å². The minimum atomic E-state index is -0.439. The van der Waals surface area contributed by atoms with Crippen LogP contribution in [0.15, 0.2) is 186 Å². The van der Waals surface area contributed by atoms with E-state index >= 15 is 0 Å². The molecule has 1 heteroatoms. The monoisotopic (exact) mass is 654 g/mol. The summed E-state index contributed by atoms with van der Waals surface area (Å²) in [5.41, 5.74) is 4.67. The van der Waals surface area contributed by atoms with Gasteiger partial charge in [-0.25, -0.2) is 0 Å². The highest BCUT2D eigenvalue weighted by molar-refractivity contribution is 6.25. The molecule has 0 aliphatic rings. The molecule has 0 fully saturated rings. The molecule has 1 aromatic heterocycles. The zero-order valence-electron chi connectivity index (χ0n) is 35.1. The summed E-state index contributed by atoms with van der Waals surface area (Å²) in [6, 6.07) is 40.5. The molecule has 0 N–H and O–H groups in total. The third-order valence-corrected chi connectivity index (χ3v) is 10.2. The lowest BCUT2D eigenvalue weighted by atomic mass is 9.82. The summed E-state index contributed by atoms with van der Waals surface area (Å²) in [6.07, 6.45) is 0. The highest BCUT2D eigenvalue weighted by Gasteiger charge is 2.22. The van der Waals surface area contributed by atoms with E-state index in [9.17, 15) is 5.48 Å². The molecule has 0 spiro atoms. The van der Waals surface area contributed by atoms with E-state index in [0.717, 1.165) is 54.2 Å². The summed E-state index contributed by atoms with van der Waals surface area (Å²) >= 11 is 0. The lowest BCUT2D eigenvalue weighted by Gasteiger charge is -2.21. The van der Waals surface area contributed by atoms with E-state index < -0.39 is 24.2 Å². The van der Waals surface area contributed by atoms with Crippen LogP contribution in [0.1, 0.15) is 11.0 Å². The third kappa shape index (κ3) is 4.22. The molecule has 0 saturated heterocycles. The quantitative estimate of drug-likeness (QED) is 0.173. The van der Waals surface area contributed by atoms with Gasteiger partial charge in [0.25, 0.3) is 0 Å². The summed E-state index contributed by atoms with van der Waals surface area (Å²) in [5, 5.41) is 8.07. The van der Waals surface area contributed by atoms with Crippen LogP contribution >= 0.6 is 0 Å². The molecule has 0 atom stereocenters. The maximum Gasteiger partial charge on any atom is 0.143 e. The van der Waals surface area contributed by atoms with Gasteiger partial charge in [-0.3, -0.25) is 0 Å². The molecule has 0 saturated carbocycles. The Morgan fingerprint density at radius 3 is 1.65 bits per heavy atom. The molecule has 0 aliphatic carbocycles. The fraction of sp³-hybridized carbons (Fsp3) is 0. The topological polar surface area (TPSA) is 13.1 Å². The Morgan fingerprint density at radius 1 is 0.373 bits per heavy atom. The van der Waals surface area contributed by atoms with Crippen LogP contribution in [0.2, 0.25) is 0 Å². The Morgan fingerprint density at radius 2 is 0.941 bits per heavy atom. The highest BCUT2D eigenvalue weighted by atomic mass is 16.3. The van der Waals surface area contributed by atoms with Crippen molar-refractivity contribution in [2.75, 3.05) is 0 Å². The Labute approximate surface area is 305 Å². The van der Waals surface area contributed by atoms with Crippen molar-refractivity contribution in [3.63, 3.8) is 0 Å². The molecule has 236 valence electrons. The van der Waals surface area contributed by atoms with Crippen LogP contribution in [0.4, 0.5) is 0 Å². The number of hydrogen-bond donors (Lipinski definition) is 0. The number of hydrogen-bond acceptors (Lipinski definition) is 1. The predicted molar refractivity (Wildman–Crippen MR) is 218 cm³/mol. The summed E-state index contributed by atoms with van der Waals surface area (Å²) < 4.78 is 80.9. The molecule has 1 heterocycles. The average molecular weight is 655 g/mol. The van der Waals surface area contributed by atoms with Crippen molar-refractivity contribution in [2.45, 2.75) is 0 Å². The van der Waals surface area contributed by atoms with Gasteiger partial charge in [0.05, 0.1) is 11.0 Å². The maximum atomic E-state index is 9.63. The van der Waals surface area contributed by atoms with Gasteiger partial charge < -0.3 is 4.42 Å². The summed E-state index contributed by atoms with van der Waals surface area (Å²) in [5.74, 6) is 0. The molecule has 11 aromatic rings. The SMILES string of the molecule is [2H]c1c([2H])c([2H])c2c(-c3cc4ccccc4cc3-c3cccc4oc5c6ccccc6ccc5c34)c3c([2H])c([2H])c([2H])c([2H])c3c(-c3ccc4ccccc4c3)c2c1[2H]. The smallest absolute Gasteiger partial charge is 0.143 e. The van der Waals surface area contributed by atoms with Crippen LogP contribution in [-0.4, -0.2) is 0 Å². The zero-order valence-corrected chi connectivity index (χ0v) is 27.1. The average Bonchev–Trinajstić information content (AvgIpc) is 3.67. The molecule has 1 nitrogen and oxygen atoms in total. The number of benzene rings is 10. The summed E-state index contributed by atoms with van der Waals surface area (Å²) in [7, 11) is 0. The zero-order chi connectivity index (χ0) is 40.4. The van der Waals surface area contributed by atoms with Crippen LogP contribution in [0.3, 0.4) is 0 Å².